The number of allylic oxidation sites excluding steroid dienone is 2. The van der Waals surface area contributed by atoms with E-state index in [0.29, 0.717) is 30.0 Å². The third-order valence-electron chi connectivity index (χ3n) is 5.15. The molecule has 0 saturated carbocycles. The number of rotatable bonds is 4. The van der Waals surface area contributed by atoms with Gasteiger partial charge in [-0.2, -0.15) is 5.10 Å². The lowest BCUT2D eigenvalue weighted by atomic mass is 9.85. The number of hydrogen-bond donors (Lipinski definition) is 0. The highest BCUT2D eigenvalue weighted by molar-refractivity contribution is 5.90. The zero-order chi connectivity index (χ0) is 16.2. The zero-order valence-electron chi connectivity index (χ0n) is 14.0. The maximum absolute atomic E-state index is 12.4. The van der Waals surface area contributed by atoms with E-state index in [9.17, 15) is 4.79 Å². The molecule has 1 aromatic heterocycles. The Morgan fingerprint density at radius 1 is 1.35 bits per heavy atom. The minimum atomic E-state index is -0.248. The summed E-state index contributed by atoms with van der Waals surface area (Å²) in [5.41, 5.74) is 1.49. The Morgan fingerprint density at radius 3 is 2.83 bits per heavy atom. The summed E-state index contributed by atoms with van der Waals surface area (Å²) >= 11 is 0. The molecule has 2 aliphatic rings. The van der Waals surface area contributed by atoms with Gasteiger partial charge < -0.3 is 9.47 Å². The van der Waals surface area contributed by atoms with E-state index in [-0.39, 0.29) is 5.97 Å². The number of nitrogens with zero attached hydrogens (tertiary/aromatic N) is 2. The molecule has 2 atom stereocenters. The summed E-state index contributed by atoms with van der Waals surface area (Å²) in [5, 5.41) is 4.42. The lowest BCUT2D eigenvalue weighted by Crippen LogP contribution is -2.23. The fraction of sp³-hybridized carbons (Fsp3) is 0.667. The summed E-state index contributed by atoms with van der Waals surface area (Å²) in [6, 6.07) is 0.328. The van der Waals surface area contributed by atoms with Crippen molar-refractivity contribution in [2.45, 2.75) is 45.6 Å². The Bertz CT molecular complexity index is 573. The molecule has 0 spiro atoms. The van der Waals surface area contributed by atoms with E-state index in [1.165, 1.54) is 0 Å². The van der Waals surface area contributed by atoms with Crippen LogP contribution in [0.15, 0.2) is 18.3 Å². The average Bonchev–Trinajstić information content (AvgIpc) is 2.96. The molecule has 5 nitrogen and oxygen atoms in total. The van der Waals surface area contributed by atoms with Crippen molar-refractivity contribution in [1.29, 1.82) is 0 Å². The van der Waals surface area contributed by atoms with E-state index in [4.69, 9.17) is 9.47 Å². The molecule has 0 bridgehead atoms. The van der Waals surface area contributed by atoms with E-state index >= 15 is 0 Å². The van der Waals surface area contributed by atoms with Gasteiger partial charge in [-0.05, 0) is 44.4 Å². The van der Waals surface area contributed by atoms with Crippen LogP contribution in [0.3, 0.4) is 0 Å². The molecule has 126 valence electrons. The standard InChI is InChI=1S/C18H26N2O3/c1-13-5-3-4-6-15(13)12-23-18(21)17-11-19-20(14(17)2)16-7-9-22-10-8-16/h3-4,11,13,15-16H,5-10,12H2,1-2H3/t13-,15-/m0/s1. The second-order valence-corrected chi connectivity index (χ2v) is 6.71. The molecule has 1 aliphatic carbocycles. The van der Waals surface area contributed by atoms with Gasteiger partial charge in [-0.15, -0.1) is 0 Å². The summed E-state index contributed by atoms with van der Waals surface area (Å²) in [7, 11) is 0. The minimum Gasteiger partial charge on any atom is -0.462 e. The van der Waals surface area contributed by atoms with Crippen LogP contribution in [0.5, 0.6) is 0 Å². The van der Waals surface area contributed by atoms with Gasteiger partial charge in [-0.3, -0.25) is 4.68 Å². The van der Waals surface area contributed by atoms with Crippen LogP contribution in [0, 0.1) is 18.8 Å². The number of carbonyl (C=O) groups is 1. The van der Waals surface area contributed by atoms with Gasteiger partial charge in [0.1, 0.15) is 5.56 Å². The molecule has 23 heavy (non-hydrogen) atoms. The van der Waals surface area contributed by atoms with Crippen molar-refractivity contribution in [1.82, 2.24) is 9.78 Å². The first-order valence-corrected chi connectivity index (χ1v) is 8.60. The first kappa shape index (κ1) is 16.2. The Morgan fingerprint density at radius 2 is 2.09 bits per heavy atom. The SMILES string of the molecule is Cc1c(C(=O)OC[C@@H]2CC=CC[C@@H]2C)cnn1C1CCOCC1. The lowest BCUT2D eigenvalue weighted by Gasteiger charge is -2.25. The third-order valence-corrected chi connectivity index (χ3v) is 5.15. The molecule has 0 N–H and O–H groups in total. The van der Waals surface area contributed by atoms with Crippen LogP contribution >= 0.6 is 0 Å². The summed E-state index contributed by atoms with van der Waals surface area (Å²) in [5.74, 6) is 0.746. The number of hydrogen-bond acceptors (Lipinski definition) is 4. The van der Waals surface area contributed by atoms with Crippen LogP contribution < -0.4 is 0 Å². The number of aromatic nitrogens is 2. The molecule has 3 rings (SSSR count). The second kappa shape index (κ2) is 7.30. The zero-order valence-corrected chi connectivity index (χ0v) is 14.0. The summed E-state index contributed by atoms with van der Waals surface area (Å²) in [6.07, 6.45) is 10.0. The van der Waals surface area contributed by atoms with E-state index in [2.05, 4.69) is 24.2 Å². The van der Waals surface area contributed by atoms with E-state index in [1.807, 2.05) is 11.6 Å². The lowest BCUT2D eigenvalue weighted by molar-refractivity contribution is 0.0393. The number of ether oxygens (including phenoxy) is 2. The van der Waals surface area contributed by atoms with E-state index < -0.39 is 0 Å². The molecule has 1 aromatic rings. The van der Waals surface area contributed by atoms with Crippen LogP contribution in [0.25, 0.3) is 0 Å². The van der Waals surface area contributed by atoms with Gasteiger partial charge in [0.15, 0.2) is 0 Å². The third kappa shape index (κ3) is 3.66. The molecule has 0 unspecified atom stereocenters. The van der Waals surface area contributed by atoms with Crippen LogP contribution in [-0.2, 0) is 9.47 Å². The molecule has 0 amide bonds. The average molecular weight is 318 g/mol. The van der Waals surface area contributed by atoms with Gasteiger partial charge in [0.2, 0.25) is 0 Å². The van der Waals surface area contributed by atoms with E-state index in [1.54, 1.807) is 6.20 Å². The van der Waals surface area contributed by atoms with Crippen molar-refractivity contribution >= 4 is 5.97 Å². The summed E-state index contributed by atoms with van der Waals surface area (Å²) in [6.45, 7) is 6.18. The number of esters is 1. The summed E-state index contributed by atoms with van der Waals surface area (Å²) in [4.78, 5) is 12.4. The highest BCUT2D eigenvalue weighted by atomic mass is 16.5. The molecule has 2 heterocycles. The number of carbonyl (C=O) groups excluding carboxylic acids is 1. The minimum absolute atomic E-state index is 0.248. The molecule has 5 heteroatoms. The Hall–Kier alpha value is -1.62. The quantitative estimate of drug-likeness (QED) is 0.631. The van der Waals surface area contributed by atoms with Crippen LogP contribution in [0.4, 0.5) is 0 Å². The van der Waals surface area contributed by atoms with Gasteiger partial charge in [0.05, 0.1) is 24.5 Å². The molecule has 1 fully saturated rings. The predicted molar refractivity (Wildman–Crippen MR) is 87.4 cm³/mol. The maximum Gasteiger partial charge on any atom is 0.341 e. The molecule has 1 aliphatic heterocycles. The van der Waals surface area contributed by atoms with Crippen molar-refractivity contribution in [2.24, 2.45) is 11.8 Å². The first-order chi connectivity index (χ1) is 11.2. The van der Waals surface area contributed by atoms with Crippen molar-refractivity contribution in [3.63, 3.8) is 0 Å². The Kier molecular flexibility index (Phi) is 5.16. The van der Waals surface area contributed by atoms with Crippen LogP contribution in [-0.4, -0.2) is 35.6 Å². The first-order valence-electron chi connectivity index (χ1n) is 8.60. The topological polar surface area (TPSA) is 53.3 Å². The monoisotopic (exact) mass is 318 g/mol. The van der Waals surface area contributed by atoms with Gasteiger partial charge in [-0.25, -0.2) is 4.79 Å². The smallest absolute Gasteiger partial charge is 0.341 e. The molecule has 0 radical (unpaired) electrons. The van der Waals surface area contributed by atoms with Crippen LogP contribution in [0.2, 0.25) is 0 Å². The molecule has 1 saturated heterocycles. The molecular weight excluding hydrogens is 292 g/mol. The van der Waals surface area contributed by atoms with E-state index in [0.717, 1.165) is 44.6 Å². The van der Waals surface area contributed by atoms with Crippen molar-refractivity contribution in [3.05, 3.63) is 29.6 Å². The molecular formula is C18H26N2O3. The van der Waals surface area contributed by atoms with Crippen LogP contribution in [0.1, 0.15) is 54.7 Å². The van der Waals surface area contributed by atoms with Gasteiger partial charge in [0.25, 0.3) is 0 Å². The fourth-order valence-electron chi connectivity index (χ4n) is 3.42. The normalized spacial score (nSPS) is 25.5. The van der Waals surface area contributed by atoms with Gasteiger partial charge in [-0.1, -0.05) is 19.1 Å². The Balaban J connectivity index is 1.61. The highest BCUT2D eigenvalue weighted by Gasteiger charge is 2.24. The predicted octanol–water partition coefficient (Wildman–Crippen LogP) is 3.30. The Labute approximate surface area is 137 Å². The van der Waals surface area contributed by atoms with Gasteiger partial charge in [0, 0.05) is 13.2 Å². The fourth-order valence-corrected chi connectivity index (χ4v) is 3.42. The van der Waals surface area contributed by atoms with Crippen molar-refractivity contribution in [3.8, 4) is 0 Å². The van der Waals surface area contributed by atoms with Gasteiger partial charge >= 0.3 is 5.97 Å². The molecule has 0 aromatic carbocycles. The highest BCUT2D eigenvalue weighted by Crippen LogP contribution is 2.26. The largest absolute Gasteiger partial charge is 0.462 e. The van der Waals surface area contributed by atoms with Crippen molar-refractivity contribution in [2.75, 3.05) is 19.8 Å². The summed E-state index contributed by atoms with van der Waals surface area (Å²) < 4.78 is 12.9. The van der Waals surface area contributed by atoms with Crippen molar-refractivity contribution < 1.29 is 14.3 Å². The second-order valence-electron chi connectivity index (χ2n) is 6.71. The maximum atomic E-state index is 12.4.